The lowest BCUT2D eigenvalue weighted by Crippen LogP contribution is -2.41. The van der Waals surface area contributed by atoms with Gasteiger partial charge >= 0.3 is 13.3 Å². The minimum absolute atomic E-state index is 0.0843. The number of rotatable bonds is 3. The van der Waals surface area contributed by atoms with Gasteiger partial charge in [0.25, 0.3) is 0 Å². The Morgan fingerprint density at radius 3 is 2.08 bits per heavy atom. The van der Waals surface area contributed by atoms with Crippen molar-refractivity contribution < 1.29 is 22.5 Å². The lowest BCUT2D eigenvalue weighted by molar-refractivity contribution is -0.137. The summed E-state index contributed by atoms with van der Waals surface area (Å²) in [6, 6.07) is 2.27. The zero-order chi connectivity index (χ0) is 19.2. The van der Waals surface area contributed by atoms with Crippen LogP contribution in [0.4, 0.5) is 13.2 Å². The normalized spacial score (nSPS) is 19.7. The van der Waals surface area contributed by atoms with E-state index in [0.29, 0.717) is 5.46 Å². The van der Waals surface area contributed by atoms with Gasteiger partial charge in [-0.25, -0.2) is 0 Å². The maximum absolute atomic E-state index is 13.3. The van der Waals surface area contributed by atoms with Gasteiger partial charge in [0.15, 0.2) is 0 Å². The van der Waals surface area contributed by atoms with E-state index in [-0.39, 0.29) is 10.6 Å². The number of hydrazone groups is 1. The van der Waals surface area contributed by atoms with Crippen LogP contribution in [0.2, 0.25) is 5.02 Å². The van der Waals surface area contributed by atoms with Gasteiger partial charge in [-0.1, -0.05) is 17.7 Å². The van der Waals surface area contributed by atoms with E-state index in [1.807, 2.05) is 27.7 Å². The Morgan fingerprint density at radius 1 is 1.12 bits per heavy atom. The molecule has 0 unspecified atom stereocenters. The third-order valence-corrected chi connectivity index (χ3v) is 4.86. The van der Waals surface area contributed by atoms with Crippen LogP contribution in [0.3, 0.4) is 0 Å². The minimum atomic E-state index is -4.55. The molecule has 0 aromatic heterocycles. The predicted molar refractivity (Wildman–Crippen MR) is 93.5 cm³/mol. The van der Waals surface area contributed by atoms with Crippen molar-refractivity contribution in [1.82, 2.24) is 5.01 Å². The predicted octanol–water partition coefficient (Wildman–Crippen LogP) is 3.55. The zero-order valence-corrected chi connectivity index (χ0v) is 15.8. The largest absolute Gasteiger partial charge is 0.496 e. The van der Waals surface area contributed by atoms with E-state index in [9.17, 15) is 13.2 Å². The Hall–Kier alpha value is -1.25. The molecule has 138 valence electrons. The molecule has 0 atom stereocenters. The summed E-state index contributed by atoms with van der Waals surface area (Å²) in [7, 11) is 2.36. The van der Waals surface area contributed by atoms with Crippen molar-refractivity contribution in [2.24, 2.45) is 5.10 Å². The molecule has 25 heavy (non-hydrogen) atoms. The van der Waals surface area contributed by atoms with Crippen molar-refractivity contribution in [3.05, 3.63) is 28.3 Å². The van der Waals surface area contributed by atoms with Gasteiger partial charge < -0.3 is 14.3 Å². The molecule has 4 nitrogen and oxygen atoms in total. The van der Waals surface area contributed by atoms with Crippen LogP contribution in [0.25, 0.3) is 0 Å². The summed E-state index contributed by atoms with van der Waals surface area (Å²) in [6.45, 7) is 7.44. The Kier molecular flexibility index (Phi) is 5.21. The van der Waals surface area contributed by atoms with Gasteiger partial charge in [-0.05, 0) is 33.8 Å². The number of nitrogens with zero attached hydrogens (tertiary/aromatic N) is 2. The van der Waals surface area contributed by atoms with Crippen LogP contribution in [0.15, 0.2) is 17.2 Å². The quantitative estimate of drug-likeness (QED) is 0.460. The molecule has 1 aliphatic heterocycles. The summed E-state index contributed by atoms with van der Waals surface area (Å²) in [4.78, 5) is 0. The first-order chi connectivity index (χ1) is 11.3. The van der Waals surface area contributed by atoms with Crippen molar-refractivity contribution in [3.63, 3.8) is 0 Å². The molecule has 1 aromatic rings. The van der Waals surface area contributed by atoms with E-state index < -0.39 is 30.1 Å². The number of benzene rings is 1. The van der Waals surface area contributed by atoms with Gasteiger partial charge in [0.05, 0.1) is 23.0 Å². The smallest absolute Gasteiger partial charge is 0.399 e. The molecule has 0 spiro atoms. The van der Waals surface area contributed by atoms with E-state index >= 15 is 0 Å². The summed E-state index contributed by atoms with van der Waals surface area (Å²) in [5.74, 6) is 0. The lowest BCUT2D eigenvalue weighted by Gasteiger charge is -2.32. The summed E-state index contributed by atoms with van der Waals surface area (Å²) < 4.78 is 51.7. The minimum Gasteiger partial charge on any atom is -0.399 e. The molecule has 9 heteroatoms. The van der Waals surface area contributed by atoms with Gasteiger partial charge in [-0.15, -0.1) is 0 Å². The van der Waals surface area contributed by atoms with Crippen LogP contribution < -0.4 is 5.46 Å². The van der Waals surface area contributed by atoms with Gasteiger partial charge in [0, 0.05) is 30.1 Å². The van der Waals surface area contributed by atoms with E-state index in [4.69, 9.17) is 20.9 Å². The second-order valence-corrected chi connectivity index (χ2v) is 7.49. The molecule has 1 saturated heterocycles. The van der Waals surface area contributed by atoms with Gasteiger partial charge in [0.1, 0.15) is 0 Å². The van der Waals surface area contributed by atoms with Gasteiger partial charge in [-0.3, -0.25) is 0 Å². The van der Waals surface area contributed by atoms with Crippen molar-refractivity contribution in [2.45, 2.75) is 45.1 Å². The molecule has 1 fully saturated rings. The average molecular weight is 377 g/mol. The molecule has 1 aromatic carbocycles. The number of halogens is 4. The molecule has 0 bridgehead atoms. The van der Waals surface area contributed by atoms with Crippen LogP contribution >= 0.6 is 11.6 Å². The third kappa shape index (κ3) is 3.96. The second-order valence-electron chi connectivity index (χ2n) is 7.11. The fourth-order valence-corrected chi connectivity index (χ4v) is 2.61. The first-order valence-corrected chi connectivity index (χ1v) is 8.10. The van der Waals surface area contributed by atoms with Crippen LogP contribution in [0.5, 0.6) is 0 Å². The van der Waals surface area contributed by atoms with Crippen molar-refractivity contribution in [3.8, 4) is 0 Å². The summed E-state index contributed by atoms with van der Waals surface area (Å²) in [5.41, 5.74) is -1.98. The number of hydrogen-bond donors (Lipinski definition) is 0. The average Bonchev–Trinajstić information content (AvgIpc) is 2.64. The van der Waals surface area contributed by atoms with Crippen molar-refractivity contribution in [2.75, 3.05) is 14.1 Å². The Balaban J connectivity index is 2.54. The maximum atomic E-state index is 13.3. The van der Waals surface area contributed by atoms with Crippen LogP contribution in [0.1, 0.15) is 38.8 Å². The van der Waals surface area contributed by atoms with E-state index in [1.54, 1.807) is 14.1 Å². The summed E-state index contributed by atoms with van der Waals surface area (Å²) in [5, 5.41) is 5.20. The fraction of sp³-hybridized carbons (Fsp3) is 0.562. The molecular weight excluding hydrogens is 355 g/mol. The molecule has 0 N–H and O–H groups in total. The van der Waals surface area contributed by atoms with Gasteiger partial charge in [-0.2, -0.15) is 18.3 Å². The number of alkyl halides is 3. The standard InChI is InChI=1S/C16H21BClF3N2O2/c1-14(2)15(3,4)25-17(24-14)12-8-7-11(16(19,20)21)10(13(12)18)9-22-23(5)6/h7-9H,1-6H3/b22-9-. The maximum Gasteiger partial charge on any atom is 0.496 e. The van der Waals surface area contributed by atoms with Crippen LogP contribution in [0, 0.1) is 0 Å². The molecule has 0 aliphatic carbocycles. The van der Waals surface area contributed by atoms with E-state index in [0.717, 1.165) is 12.3 Å². The van der Waals surface area contributed by atoms with E-state index in [2.05, 4.69) is 5.10 Å². The second kappa shape index (κ2) is 6.48. The fourth-order valence-electron chi connectivity index (χ4n) is 2.31. The zero-order valence-electron chi connectivity index (χ0n) is 15.0. The number of hydrogen-bond acceptors (Lipinski definition) is 4. The Labute approximate surface area is 151 Å². The molecule has 2 rings (SSSR count). The topological polar surface area (TPSA) is 34.1 Å². The SMILES string of the molecule is CN(C)/N=C\c1c(C(F)(F)F)ccc(B2OC(C)(C)C(C)(C)O2)c1Cl. The van der Waals surface area contributed by atoms with Crippen molar-refractivity contribution >= 4 is 30.4 Å². The first-order valence-electron chi connectivity index (χ1n) is 7.73. The van der Waals surface area contributed by atoms with Crippen LogP contribution in [-0.2, 0) is 15.5 Å². The van der Waals surface area contributed by atoms with Gasteiger partial charge in [0.2, 0.25) is 0 Å². The molecule has 1 heterocycles. The molecular formula is C16H21BClF3N2O2. The van der Waals surface area contributed by atoms with Crippen molar-refractivity contribution in [1.29, 1.82) is 0 Å². The molecule has 1 aliphatic rings. The highest BCUT2D eigenvalue weighted by Gasteiger charge is 2.52. The summed E-state index contributed by atoms with van der Waals surface area (Å²) in [6.07, 6.45) is -3.45. The van der Waals surface area contributed by atoms with E-state index in [1.165, 1.54) is 11.1 Å². The first kappa shape index (κ1) is 20.1. The highest BCUT2D eigenvalue weighted by Crippen LogP contribution is 2.38. The molecule has 0 saturated carbocycles. The monoisotopic (exact) mass is 376 g/mol. The highest BCUT2D eigenvalue weighted by molar-refractivity contribution is 6.66. The Morgan fingerprint density at radius 2 is 1.64 bits per heavy atom. The third-order valence-electron chi connectivity index (χ3n) is 4.44. The van der Waals surface area contributed by atoms with Crippen LogP contribution in [-0.4, -0.2) is 43.6 Å². The lowest BCUT2D eigenvalue weighted by atomic mass is 9.77. The summed E-state index contributed by atoms with van der Waals surface area (Å²) >= 11 is 6.30. The highest BCUT2D eigenvalue weighted by atomic mass is 35.5. The molecule has 0 radical (unpaired) electrons. The molecule has 0 amide bonds. The Bertz CT molecular complexity index is 675.